The molecule has 6 heteroatoms. The lowest BCUT2D eigenvalue weighted by atomic mass is 10.1. The molecule has 2 aliphatic heterocycles. The quantitative estimate of drug-likeness (QED) is 0.863. The van der Waals surface area contributed by atoms with Gasteiger partial charge < -0.3 is 10.6 Å². The summed E-state index contributed by atoms with van der Waals surface area (Å²) in [6.07, 6.45) is 3.91. The minimum absolute atomic E-state index is 0.0345. The van der Waals surface area contributed by atoms with Gasteiger partial charge in [0.05, 0.1) is 11.7 Å². The van der Waals surface area contributed by atoms with Gasteiger partial charge in [-0.15, -0.1) is 0 Å². The smallest absolute Gasteiger partial charge is 0.321 e. The molecule has 1 atom stereocenters. The highest BCUT2D eigenvalue weighted by Crippen LogP contribution is 2.31. The van der Waals surface area contributed by atoms with E-state index in [1.807, 2.05) is 25.1 Å². The monoisotopic (exact) mass is 344 g/mol. The molecule has 1 unspecified atom stereocenters. The number of urea groups is 1. The standard InChI is InChI=1S/C19H28N4O2/c1-3-10-22-11-5-6-16(22)18(24)21-15-8-7-14-9-12-23(17(14)13-15)19(25)20-4-2/h7-8,13,16H,3-6,9-12H2,1-2H3,(H,20,25)(H,21,24). The average molecular weight is 344 g/mol. The van der Waals surface area contributed by atoms with Crippen LogP contribution in [0.4, 0.5) is 16.2 Å². The Hall–Kier alpha value is -2.08. The molecule has 0 aromatic heterocycles. The van der Waals surface area contributed by atoms with Crippen LogP contribution in [0, 0.1) is 0 Å². The molecule has 3 amide bonds. The number of hydrogen-bond donors (Lipinski definition) is 2. The van der Waals surface area contributed by atoms with Crippen molar-refractivity contribution in [2.75, 3.05) is 36.4 Å². The van der Waals surface area contributed by atoms with E-state index in [2.05, 4.69) is 22.5 Å². The Morgan fingerprint density at radius 2 is 2.08 bits per heavy atom. The van der Waals surface area contributed by atoms with E-state index in [4.69, 9.17) is 0 Å². The summed E-state index contributed by atoms with van der Waals surface area (Å²) in [5.74, 6) is 0.0634. The van der Waals surface area contributed by atoms with Crippen LogP contribution in [0.2, 0.25) is 0 Å². The van der Waals surface area contributed by atoms with E-state index in [0.717, 1.165) is 55.7 Å². The number of hydrogen-bond acceptors (Lipinski definition) is 3. The van der Waals surface area contributed by atoms with Crippen LogP contribution < -0.4 is 15.5 Å². The molecule has 0 radical (unpaired) electrons. The van der Waals surface area contributed by atoms with Crippen molar-refractivity contribution in [2.24, 2.45) is 0 Å². The van der Waals surface area contributed by atoms with Gasteiger partial charge in [0.1, 0.15) is 0 Å². The zero-order valence-electron chi connectivity index (χ0n) is 15.2. The van der Waals surface area contributed by atoms with Gasteiger partial charge in [0.15, 0.2) is 0 Å². The van der Waals surface area contributed by atoms with Gasteiger partial charge in [-0.1, -0.05) is 13.0 Å². The maximum atomic E-state index is 12.7. The molecule has 3 rings (SSSR count). The number of nitrogens with one attached hydrogen (secondary N) is 2. The Kier molecular flexibility index (Phi) is 5.58. The number of benzene rings is 1. The second kappa shape index (κ2) is 7.87. The second-order valence-corrected chi connectivity index (χ2v) is 6.76. The molecular formula is C19H28N4O2. The topological polar surface area (TPSA) is 64.7 Å². The lowest BCUT2D eigenvalue weighted by molar-refractivity contribution is -0.120. The summed E-state index contributed by atoms with van der Waals surface area (Å²) >= 11 is 0. The summed E-state index contributed by atoms with van der Waals surface area (Å²) in [7, 11) is 0. The van der Waals surface area contributed by atoms with Crippen LogP contribution in [-0.4, -0.2) is 49.1 Å². The molecule has 0 saturated carbocycles. The van der Waals surface area contributed by atoms with Crippen LogP contribution in [-0.2, 0) is 11.2 Å². The Morgan fingerprint density at radius 3 is 2.84 bits per heavy atom. The fourth-order valence-electron chi connectivity index (χ4n) is 3.82. The molecule has 0 bridgehead atoms. The van der Waals surface area contributed by atoms with E-state index in [1.54, 1.807) is 4.90 Å². The first kappa shape index (κ1) is 17.7. The zero-order chi connectivity index (χ0) is 17.8. The first-order chi connectivity index (χ1) is 12.1. The summed E-state index contributed by atoms with van der Waals surface area (Å²) in [6.45, 7) is 7.31. The van der Waals surface area contributed by atoms with E-state index in [9.17, 15) is 9.59 Å². The highest BCUT2D eigenvalue weighted by atomic mass is 16.2. The summed E-state index contributed by atoms with van der Waals surface area (Å²) in [5, 5.41) is 5.90. The SMILES string of the molecule is CCCN1CCCC1C(=O)Nc1ccc2c(c1)N(C(=O)NCC)CC2. The predicted molar refractivity (Wildman–Crippen MR) is 100 cm³/mol. The molecule has 1 aromatic rings. The number of amides is 3. The molecule has 0 spiro atoms. The third-order valence-corrected chi connectivity index (χ3v) is 5.00. The van der Waals surface area contributed by atoms with E-state index in [1.165, 1.54) is 0 Å². The van der Waals surface area contributed by atoms with E-state index >= 15 is 0 Å². The maximum absolute atomic E-state index is 12.7. The van der Waals surface area contributed by atoms with Crippen molar-refractivity contribution < 1.29 is 9.59 Å². The minimum atomic E-state index is -0.0744. The molecule has 1 aromatic carbocycles. The second-order valence-electron chi connectivity index (χ2n) is 6.76. The Labute approximate surface area is 149 Å². The van der Waals surface area contributed by atoms with Crippen molar-refractivity contribution in [3.63, 3.8) is 0 Å². The molecule has 2 aliphatic rings. The minimum Gasteiger partial charge on any atom is -0.338 e. The van der Waals surface area contributed by atoms with Crippen molar-refractivity contribution in [2.45, 2.75) is 45.6 Å². The third-order valence-electron chi connectivity index (χ3n) is 5.00. The summed E-state index contributed by atoms with van der Waals surface area (Å²) in [5.41, 5.74) is 2.82. The lowest BCUT2D eigenvalue weighted by Gasteiger charge is -2.23. The zero-order valence-corrected chi connectivity index (χ0v) is 15.2. The molecule has 2 heterocycles. The third kappa shape index (κ3) is 3.79. The Morgan fingerprint density at radius 1 is 1.24 bits per heavy atom. The van der Waals surface area contributed by atoms with Gasteiger partial charge in [0.25, 0.3) is 0 Å². The molecule has 25 heavy (non-hydrogen) atoms. The number of likely N-dealkylation sites (tertiary alicyclic amines) is 1. The Bertz CT molecular complexity index is 646. The maximum Gasteiger partial charge on any atom is 0.321 e. The first-order valence-corrected chi connectivity index (χ1v) is 9.37. The molecule has 2 N–H and O–H groups in total. The highest BCUT2D eigenvalue weighted by Gasteiger charge is 2.30. The number of anilines is 2. The summed E-state index contributed by atoms with van der Waals surface area (Å²) in [6, 6.07) is 5.77. The van der Waals surface area contributed by atoms with Gasteiger partial charge >= 0.3 is 6.03 Å². The average Bonchev–Trinajstić information content (AvgIpc) is 3.22. The van der Waals surface area contributed by atoms with Crippen molar-refractivity contribution >= 4 is 23.3 Å². The Balaban J connectivity index is 1.71. The van der Waals surface area contributed by atoms with Crippen LogP contribution in [0.25, 0.3) is 0 Å². The van der Waals surface area contributed by atoms with Crippen LogP contribution in [0.5, 0.6) is 0 Å². The number of rotatable bonds is 5. The van der Waals surface area contributed by atoms with Crippen LogP contribution in [0.15, 0.2) is 18.2 Å². The lowest BCUT2D eigenvalue weighted by Crippen LogP contribution is -2.40. The van der Waals surface area contributed by atoms with Crippen molar-refractivity contribution in [1.29, 1.82) is 0 Å². The van der Waals surface area contributed by atoms with Crippen molar-refractivity contribution in [3.05, 3.63) is 23.8 Å². The van der Waals surface area contributed by atoms with Gasteiger partial charge in [0, 0.05) is 18.8 Å². The number of carbonyl (C=O) groups is 2. The van der Waals surface area contributed by atoms with Crippen molar-refractivity contribution in [1.82, 2.24) is 10.2 Å². The van der Waals surface area contributed by atoms with E-state index in [0.29, 0.717) is 13.1 Å². The highest BCUT2D eigenvalue weighted by molar-refractivity contribution is 5.98. The largest absolute Gasteiger partial charge is 0.338 e. The summed E-state index contributed by atoms with van der Waals surface area (Å²) in [4.78, 5) is 28.9. The fourth-order valence-corrected chi connectivity index (χ4v) is 3.82. The van der Waals surface area contributed by atoms with E-state index in [-0.39, 0.29) is 18.0 Å². The summed E-state index contributed by atoms with van der Waals surface area (Å²) < 4.78 is 0. The van der Waals surface area contributed by atoms with Gasteiger partial charge in [-0.25, -0.2) is 4.79 Å². The van der Waals surface area contributed by atoms with Gasteiger partial charge in [-0.3, -0.25) is 14.6 Å². The molecule has 0 aliphatic carbocycles. The fraction of sp³-hybridized carbons (Fsp3) is 0.579. The van der Waals surface area contributed by atoms with Gasteiger partial charge in [-0.2, -0.15) is 0 Å². The first-order valence-electron chi connectivity index (χ1n) is 9.37. The normalized spacial score (nSPS) is 19.8. The van der Waals surface area contributed by atoms with Crippen LogP contribution in [0.1, 0.15) is 38.7 Å². The number of fused-ring (bicyclic) bond motifs is 1. The van der Waals surface area contributed by atoms with Gasteiger partial charge in [0.2, 0.25) is 5.91 Å². The van der Waals surface area contributed by atoms with Gasteiger partial charge in [-0.05, 0) is 63.4 Å². The molecular weight excluding hydrogens is 316 g/mol. The molecule has 136 valence electrons. The molecule has 1 saturated heterocycles. The molecule has 1 fully saturated rings. The van der Waals surface area contributed by atoms with E-state index < -0.39 is 0 Å². The number of nitrogens with zero attached hydrogens (tertiary/aromatic N) is 2. The predicted octanol–water partition coefficient (Wildman–Crippen LogP) is 2.59. The van der Waals surface area contributed by atoms with Crippen LogP contribution in [0.3, 0.4) is 0 Å². The number of carbonyl (C=O) groups excluding carboxylic acids is 2. The van der Waals surface area contributed by atoms with Crippen LogP contribution >= 0.6 is 0 Å². The molecule has 6 nitrogen and oxygen atoms in total. The van der Waals surface area contributed by atoms with Crippen molar-refractivity contribution in [3.8, 4) is 0 Å².